The first-order valence-corrected chi connectivity index (χ1v) is 6.65. The lowest BCUT2D eigenvalue weighted by Gasteiger charge is -2.08. The molecule has 0 amide bonds. The van der Waals surface area contributed by atoms with Crippen molar-refractivity contribution in [2.24, 2.45) is 0 Å². The number of carbonyl (C=O) groups is 1. The number of fused-ring (bicyclic) bond motifs is 1. The van der Waals surface area contributed by atoms with Gasteiger partial charge in [0.2, 0.25) is 0 Å². The molecule has 2 N–H and O–H groups in total. The van der Waals surface area contributed by atoms with Crippen LogP contribution in [0.15, 0.2) is 30.5 Å². The number of carboxylic acid groups (broad SMARTS) is 1. The quantitative estimate of drug-likeness (QED) is 0.769. The van der Waals surface area contributed by atoms with E-state index in [9.17, 15) is 9.90 Å². The Labute approximate surface area is 118 Å². The zero-order valence-electron chi connectivity index (χ0n) is 10.5. The van der Waals surface area contributed by atoms with E-state index in [4.69, 9.17) is 0 Å². The summed E-state index contributed by atoms with van der Waals surface area (Å²) in [7, 11) is 0. The van der Waals surface area contributed by atoms with Gasteiger partial charge in [-0.3, -0.25) is 0 Å². The Kier molecular flexibility index (Phi) is 3.03. The molecular formula is C13H10N4O2S. The molecule has 0 unspecified atom stereocenters. The van der Waals surface area contributed by atoms with Crippen molar-refractivity contribution >= 4 is 39.0 Å². The summed E-state index contributed by atoms with van der Waals surface area (Å²) in [6.45, 7) is 1.93. The van der Waals surface area contributed by atoms with E-state index in [2.05, 4.69) is 20.5 Å². The molecule has 2 heterocycles. The van der Waals surface area contributed by atoms with E-state index in [1.54, 1.807) is 18.3 Å². The summed E-state index contributed by atoms with van der Waals surface area (Å²) in [6, 6.07) is 7.24. The third kappa shape index (κ3) is 2.19. The zero-order valence-corrected chi connectivity index (χ0v) is 11.3. The first-order chi connectivity index (χ1) is 9.65. The first-order valence-electron chi connectivity index (χ1n) is 5.83. The van der Waals surface area contributed by atoms with Crippen LogP contribution >= 0.6 is 11.3 Å². The highest BCUT2D eigenvalue weighted by Gasteiger charge is 2.17. The van der Waals surface area contributed by atoms with Crippen LogP contribution in [0.1, 0.15) is 15.4 Å². The Morgan fingerprint density at radius 2 is 2.10 bits per heavy atom. The minimum atomic E-state index is -1.13. The molecule has 0 radical (unpaired) electrons. The number of nitrogens with one attached hydrogen (secondary N) is 1. The maximum absolute atomic E-state index is 11.3. The largest absolute Gasteiger partial charge is 0.476 e. The summed E-state index contributed by atoms with van der Waals surface area (Å²) >= 11 is 1.45. The first kappa shape index (κ1) is 12.5. The number of hydrogen-bond acceptors (Lipinski definition) is 6. The second-order valence-electron chi connectivity index (χ2n) is 4.15. The van der Waals surface area contributed by atoms with Gasteiger partial charge in [0.25, 0.3) is 0 Å². The highest BCUT2D eigenvalue weighted by Crippen LogP contribution is 2.29. The molecule has 3 aromatic rings. The Morgan fingerprint density at radius 3 is 2.80 bits per heavy atom. The normalized spacial score (nSPS) is 10.7. The molecule has 0 fully saturated rings. The Morgan fingerprint density at radius 1 is 1.30 bits per heavy atom. The lowest BCUT2D eigenvalue weighted by molar-refractivity contribution is 0.0690. The molecule has 0 aliphatic rings. The summed E-state index contributed by atoms with van der Waals surface area (Å²) < 4.78 is 0. The smallest absolute Gasteiger partial charge is 0.358 e. The van der Waals surface area contributed by atoms with Crippen molar-refractivity contribution in [2.75, 3.05) is 5.32 Å². The third-order valence-electron chi connectivity index (χ3n) is 2.72. The van der Waals surface area contributed by atoms with Crippen LogP contribution in [-0.2, 0) is 0 Å². The molecule has 3 rings (SSSR count). The number of anilines is 2. The molecule has 20 heavy (non-hydrogen) atoms. The Balaban J connectivity index is 2.19. The number of aromatic carboxylic acids is 1. The van der Waals surface area contributed by atoms with Gasteiger partial charge in [-0.25, -0.2) is 9.78 Å². The second kappa shape index (κ2) is 4.86. The average molecular weight is 286 g/mol. The highest BCUT2D eigenvalue weighted by atomic mass is 32.1. The van der Waals surface area contributed by atoms with Crippen molar-refractivity contribution in [1.29, 1.82) is 0 Å². The Hall–Kier alpha value is -2.54. The summed E-state index contributed by atoms with van der Waals surface area (Å²) in [4.78, 5) is 16.5. The molecule has 0 bridgehead atoms. The number of carboxylic acids is 1. The number of hydrogen-bond donors (Lipinski definition) is 2. The van der Waals surface area contributed by atoms with Gasteiger partial charge in [0, 0.05) is 16.5 Å². The van der Waals surface area contributed by atoms with E-state index in [0.29, 0.717) is 21.7 Å². The fraction of sp³-hybridized carbons (Fsp3) is 0.0769. The number of rotatable bonds is 3. The van der Waals surface area contributed by atoms with E-state index < -0.39 is 5.97 Å². The van der Waals surface area contributed by atoms with Crippen molar-refractivity contribution in [2.45, 2.75) is 6.92 Å². The fourth-order valence-corrected chi connectivity index (χ4v) is 2.52. The number of thiazole rings is 1. The SMILES string of the molecule is Cc1cnc(Nc2c(C(=O)O)nnc3ccccc23)s1. The van der Waals surface area contributed by atoms with Gasteiger partial charge in [0.1, 0.15) is 0 Å². The van der Waals surface area contributed by atoms with Gasteiger partial charge >= 0.3 is 5.97 Å². The standard InChI is InChI=1S/C13H10N4O2S/c1-7-6-14-13(20-7)15-10-8-4-2-3-5-9(8)16-17-11(10)12(18)19/h2-6H,1H3,(H,18,19)(H,14,15,16). The van der Waals surface area contributed by atoms with Crippen molar-refractivity contribution in [1.82, 2.24) is 15.2 Å². The van der Waals surface area contributed by atoms with Crippen LogP contribution in [0.2, 0.25) is 0 Å². The van der Waals surface area contributed by atoms with Crippen LogP contribution in [0.4, 0.5) is 10.8 Å². The van der Waals surface area contributed by atoms with Crippen molar-refractivity contribution < 1.29 is 9.90 Å². The molecule has 0 atom stereocenters. The second-order valence-corrected chi connectivity index (χ2v) is 5.38. The van der Waals surface area contributed by atoms with Gasteiger partial charge in [-0.15, -0.1) is 21.5 Å². The molecule has 2 aromatic heterocycles. The minimum Gasteiger partial charge on any atom is -0.476 e. The summed E-state index contributed by atoms with van der Waals surface area (Å²) in [5.74, 6) is -1.13. The van der Waals surface area contributed by atoms with Crippen LogP contribution in [0.3, 0.4) is 0 Å². The number of aryl methyl sites for hydroxylation is 1. The summed E-state index contributed by atoms with van der Waals surface area (Å²) in [5, 5.41) is 21.3. The lowest BCUT2D eigenvalue weighted by atomic mass is 10.1. The van der Waals surface area contributed by atoms with Gasteiger partial charge in [-0.05, 0) is 13.0 Å². The van der Waals surface area contributed by atoms with Crippen LogP contribution < -0.4 is 5.32 Å². The molecule has 1 aromatic carbocycles. The van der Waals surface area contributed by atoms with Crippen molar-refractivity contribution in [3.05, 3.63) is 41.0 Å². The van der Waals surface area contributed by atoms with E-state index >= 15 is 0 Å². The molecule has 0 saturated heterocycles. The van der Waals surface area contributed by atoms with Crippen LogP contribution in [0, 0.1) is 6.92 Å². The van der Waals surface area contributed by atoms with Crippen LogP contribution in [0.25, 0.3) is 10.9 Å². The molecule has 0 aliphatic carbocycles. The average Bonchev–Trinajstić information content (AvgIpc) is 2.84. The summed E-state index contributed by atoms with van der Waals surface area (Å²) in [5.41, 5.74) is 0.933. The topological polar surface area (TPSA) is 88.0 Å². The molecule has 7 heteroatoms. The molecule has 0 aliphatic heterocycles. The van der Waals surface area contributed by atoms with Gasteiger partial charge in [-0.2, -0.15) is 0 Å². The number of aromatic nitrogens is 3. The minimum absolute atomic E-state index is 0.114. The molecule has 100 valence electrons. The summed E-state index contributed by atoms with van der Waals surface area (Å²) in [6.07, 6.45) is 1.73. The van der Waals surface area contributed by atoms with Crippen molar-refractivity contribution in [3.8, 4) is 0 Å². The predicted octanol–water partition coefficient (Wildman–Crippen LogP) is 2.84. The monoisotopic (exact) mass is 286 g/mol. The van der Waals surface area contributed by atoms with Crippen molar-refractivity contribution in [3.63, 3.8) is 0 Å². The fourth-order valence-electron chi connectivity index (χ4n) is 1.85. The van der Waals surface area contributed by atoms with Gasteiger partial charge in [0.15, 0.2) is 10.8 Å². The van der Waals surface area contributed by atoms with Gasteiger partial charge < -0.3 is 10.4 Å². The number of benzene rings is 1. The number of nitrogens with zero attached hydrogens (tertiary/aromatic N) is 3. The van der Waals surface area contributed by atoms with Gasteiger partial charge in [0.05, 0.1) is 11.2 Å². The molecule has 6 nitrogen and oxygen atoms in total. The lowest BCUT2D eigenvalue weighted by Crippen LogP contribution is -2.08. The van der Waals surface area contributed by atoms with E-state index in [1.807, 2.05) is 19.1 Å². The molecule has 0 spiro atoms. The van der Waals surface area contributed by atoms with Crippen LogP contribution in [0.5, 0.6) is 0 Å². The van der Waals surface area contributed by atoms with E-state index in [1.165, 1.54) is 11.3 Å². The Bertz CT molecular complexity index is 800. The zero-order chi connectivity index (χ0) is 14.1. The van der Waals surface area contributed by atoms with E-state index in [0.717, 1.165) is 4.88 Å². The third-order valence-corrected chi connectivity index (χ3v) is 3.55. The maximum atomic E-state index is 11.3. The van der Waals surface area contributed by atoms with Crippen LogP contribution in [-0.4, -0.2) is 26.3 Å². The molecular weight excluding hydrogens is 276 g/mol. The van der Waals surface area contributed by atoms with E-state index in [-0.39, 0.29) is 5.69 Å². The maximum Gasteiger partial charge on any atom is 0.358 e. The molecule has 0 saturated carbocycles. The highest BCUT2D eigenvalue weighted by molar-refractivity contribution is 7.15. The predicted molar refractivity (Wildman–Crippen MR) is 76.6 cm³/mol. The van der Waals surface area contributed by atoms with Gasteiger partial charge in [-0.1, -0.05) is 18.2 Å².